The highest BCUT2D eigenvalue weighted by Crippen LogP contribution is 2.53. The highest BCUT2D eigenvalue weighted by molar-refractivity contribution is 8.06. The number of rotatable bonds is 1. The zero-order chi connectivity index (χ0) is 11.9. The summed E-state index contributed by atoms with van der Waals surface area (Å²) in [6.45, 7) is 1.32. The van der Waals surface area contributed by atoms with Crippen LogP contribution in [-0.4, -0.2) is 24.7 Å². The van der Waals surface area contributed by atoms with Crippen LogP contribution in [0.3, 0.4) is 0 Å². The topological polar surface area (TPSA) is 18.5 Å². The molecule has 4 rings (SSSR count). The molecule has 0 unspecified atom stereocenters. The lowest BCUT2D eigenvalue weighted by atomic mass is 10.3. The molecule has 6 heteroatoms. The molecule has 0 spiro atoms. The van der Waals surface area contributed by atoms with E-state index >= 15 is 0 Å². The van der Waals surface area contributed by atoms with Gasteiger partial charge in [0, 0.05) is 32.1 Å². The van der Waals surface area contributed by atoms with Crippen LogP contribution in [0.1, 0.15) is 0 Å². The van der Waals surface area contributed by atoms with Gasteiger partial charge >= 0.3 is 0 Å². The van der Waals surface area contributed by atoms with Gasteiger partial charge in [0.15, 0.2) is 11.5 Å². The molecular weight excluding hydrogens is 304 g/mol. The maximum Gasteiger partial charge on any atom is 0.180 e. The molecule has 94 valence electrons. The van der Waals surface area contributed by atoms with Crippen molar-refractivity contribution in [3.05, 3.63) is 10.8 Å². The Morgan fingerprint density at radius 3 is 2.72 bits per heavy atom. The minimum absolute atomic E-state index is 0.659. The molecule has 2 aromatic rings. The predicted molar refractivity (Wildman–Crippen MR) is 80.1 cm³/mol. The normalized spacial score (nSPS) is 17.6. The molecule has 0 aromatic carbocycles. The molecule has 0 amide bonds. The van der Waals surface area contributed by atoms with E-state index in [4.69, 9.17) is 9.47 Å². The van der Waals surface area contributed by atoms with Crippen molar-refractivity contribution in [2.75, 3.05) is 24.7 Å². The summed E-state index contributed by atoms with van der Waals surface area (Å²) in [7, 11) is 0. The maximum atomic E-state index is 5.79. The van der Waals surface area contributed by atoms with E-state index in [1.807, 2.05) is 34.9 Å². The van der Waals surface area contributed by atoms with Crippen molar-refractivity contribution in [2.45, 2.75) is 9.79 Å². The molecule has 0 N–H and O–H groups in total. The van der Waals surface area contributed by atoms with Crippen LogP contribution in [0.2, 0.25) is 0 Å². The molecule has 0 bridgehead atoms. The summed E-state index contributed by atoms with van der Waals surface area (Å²) >= 11 is 7.50. The van der Waals surface area contributed by atoms with Crippen LogP contribution in [0.25, 0.3) is 9.75 Å². The van der Waals surface area contributed by atoms with E-state index in [9.17, 15) is 0 Å². The third-order valence-corrected chi connectivity index (χ3v) is 7.72. The van der Waals surface area contributed by atoms with Gasteiger partial charge in [-0.2, -0.15) is 0 Å². The number of fused-ring (bicyclic) bond motifs is 2. The van der Waals surface area contributed by atoms with Gasteiger partial charge in [-0.3, -0.25) is 0 Å². The molecule has 2 nitrogen and oxygen atoms in total. The third kappa shape index (κ3) is 1.78. The van der Waals surface area contributed by atoms with Crippen LogP contribution in [0.15, 0.2) is 20.6 Å². The van der Waals surface area contributed by atoms with Crippen molar-refractivity contribution in [2.24, 2.45) is 0 Å². The van der Waals surface area contributed by atoms with E-state index in [1.165, 1.54) is 31.1 Å². The zero-order valence-electron chi connectivity index (χ0n) is 9.43. The fourth-order valence-electron chi connectivity index (χ4n) is 2.04. The lowest BCUT2D eigenvalue weighted by Gasteiger charge is -2.16. The average molecular weight is 314 g/mol. The lowest BCUT2D eigenvalue weighted by Crippen LogP contribution is -2.14. The van der Waals surface area contributed by atoms with Crippen LogP contribution in [0.5, 0.6) is 11.5 Å². The SMILES string of the molecule is c1sc(-c2scc3c2SCCS3)c2c1OCCO2. The summed E-state index contributed by atoms with van der Waals surface area (Å²) in [5, 5.41) is 4.34. The van der Waals surface area contributed by atoms with E-state index in [2.05, 4.69) is 10.8 Å². The first kappa shape index (κ1) is 11.5. The van der Waals surface area contributed by atoms with Crippen LogP contribution in [0, 0.1) is 0 Å². The van der Waals surface area contributed by atoms with Crippen LogP contribution in [0.4, 0.5) is 0 Å². The average Bonchev–Trinajstić information content (AvgIpc) is 3.01. The molecule has 0 radical (unpaired) electrons. The Bertz CT molecular complexity index is 535. The van der Waals surface area contributed by atoms with Crippen molar-refractivity contribution in [3.8, 4) is 21.3 Å². The van der Waals surface area contributed by atoms with E-state index in [1.54, 1.807) is 11.3 Å². The molecule has 0 fully saturated rings. The summed E-state index contributed by atoms with van der Waals surface area (Å²) in [4.78, 5) is 5.48. The minimum Gasteiger partial charge on any atom is -0.485 e. The standard InChI is InChI=1S/C12H10O2S4/c1-2-14-9-7(13-1)5-17-11(9)12-10-8(6-18-12)15-3-4-16-10/h5-6H,1-4H2. The number of hydrogen-bond donors (Lipinski definition) is 0. The monoisotopic (exact) mass is 314 g/mol. The highest BCUT2D eigenvalue weighted by Gasteiger charge is 2.25. The van der Waals surface area contributed by atoms with Gasteiger partial charge in [-0.15, -0.1) is 46.2 Å². The van der Waals surface area contributed by atoms with Crippen molar-refractivity contribution >= 4 is 46.2 Å². The summed E-state index contributed by atoms with van der Waals surface area (Å²) in [6.07, 6.45) is 0. The van der Waals surface area contributed by atoms with Crippen molar-refractivity contribution in [1.29, 1.82) is 0 Å². The van der Waals surface area contributed by atoms with E-state index in [0.717, 1.165) is 11.5 Å². The van der Waals surface area contributed by atoms with Gasteiger partial charge in [0.25, 0.3) is 0 Å². The molecule has 2 aromatic heterocycles. The van der Waals surface area contributed by atoms with Crippen LogP contribution in [-0.2, 0) is 0 Å². The van der Waals surface area contributed by atoms with E-state index in [-0.39, 0.29) is 0 Å². The molecule has 18 heavy (non-hydrogen) atoms. The van der Waals surface area contributed by atoms with E-state index < -0.39 is 0 Å². The Hall–Kier alpha value is -0.300. The van der Waals surface area contributed by atoms with E-state index in [0.29, 0.717) is 13.2 Å². The van der Waals surface area contributed by atoms with Gasteiger partial charge in [-0.1, -0.05) is 0 Å². The van der Waals surface area contributed by atoms with Crippen LogP contribution < -0.4 is 9.47 Å². The Kier molecular flexibility index (Phi) is 2.99. The summed E-state index contributed by atoms with van der Waals surface area (Å²) < 4.78 is 11.4. The quantitative estimate of drug-likeness (QED) is 0.774. The Labute approximate surface area is 122 Å². The third-order valence-electron chi connectivity index (χ3n) is 2.81. The Balaban J connectivity index is 1.83. The molecule has 0 aliphatic carbocycles. The van der Waals surface area contributed by atoms with Gasteiger partial charge in [0.05, 0.1) is 9.75 Å². The number of thioether (sulfide) groups is 2. The lowest BCUT2D eigenvalue weighted by molar-refractivity contribution is 0.174. The fourth-order valence-corrected chi connectivity index (χ4v) is 7.02. The first-order valence-electron chi connectivity index (χ1n) is 5.68. The summed E-state index contributed by atoms with van der Waals surface area (Å²) in [5.74, 6) is 4.28. The van der Waals surface area contributed by atoms with Gasteiger partial charge in [0.1, 0.15) is 13.2 Å². The van der Waals surface area contributed by atoms with Crippen LogP contribution >= 0.6 is 46.2 Å². The van der Waals surface area contributed by atoms with Gasteiger partial charge in [-0.25, -0.2) is 0 Å². The van der Waals surface area contributed by atoms with Gasteiger partial charge < -0.3 is 9.47 Å². The molecule has 0 saturated heterocycles. The second kappa shape index (κ2) is 4.67. The van der Waals surface area contributed by atoms with Gasteiger partial charge in [-0.05, 0) is 0 Å². The summed E-state index contributed by atoms with van der Waals surface area (Å²) in [6, 6.07) is 0. The Morgan fingerprint density at radius 2 is 1.72 bits per heavy atom. The first-order chi connectivity index (χ1) is 8.93. The number of thiophene rings is 2. The second-order valence-corrected chi connectivity index (χ2v) is 7.91. The predicted octanol–water partition coefficient (Wildman–Crippen LogP) is 4.45. The molecule has 2 aliphatic heterocycles. The minimum atomic E-state index is 0.659. The number of ether oxygens (including phenoxy) is 2. The zero-order valence-corrected chi connectivity index (χ0v) is 12.7. The molecule has 0 saturated carbocycles. The van der Waals surface area contributed by atoms with Crippen molar-refractivity contribution in [3.63, 3.8) is 0 Å². The second-order valence-electron chi connectivity index (χ2n) is 3.91. The Morgan fingerprint density at radius 1 is 0.889 bits per heavy atom. The number of hydrogen-bond acceptors (Lipinski definition) is 6. The molecule has 2 aliphatic rings. The summed E-state index contributed by atoms with van der Waals surface area (Å²) in [5.41, 5.74) is 0. The van der Waals surface area contributed by atoms with Crippen molar-refractivity contribution in [1.82, 2.24) is 0 Å². The van der Waals surface area contributed by atoms with Gasteiger partial charge in [0.2, 0.25) is 0 Å². The molecule has 0 atom stereocenters. The van der Waals surface area contributed by atoms with Crippen molar-refractivity contribution < 1.29 is 9.47 Å². The molecule has 4 heterocycles. The largest absolute Gasteiger partial charge is 0.485 e. The molecular formula is C12H10O2S4. The maximum absolute atomic E-state index is 5.79. The fraction of sp³-hybridized carbons (Fsp3) is 0.333. The first-order valence-corrected chi connectivity index (χ1v) is 9.41. The highest BCUT2D eigenvalue weighted by atomic mass is 32.2. The smallest absolute Gasteiger partial charge is 0.180 e.